The fourth-order valence-corrected chi connectivity index (χ4v) is 8.31. The summed E-state index contributed by atoms with van der Waals surface area (Å²) in [6, 6.07) is 0. The van der Waals surface area contributed by atoms with Gasteiger partial charge in [-0.05, 0) is 73.0 Å². The van der Waals surface area contributed by atoms with E-state index in [4.69, 9.17) is 33.2 Å². The van der Waals surface area contributed by atoms with Crippen molar-refractivity contribution in [2.24, 2.45) is 47.3 Å². The normalized spacial score (nSPS) is 52.9. The highest BCUT2D eigenvalue weighted by Gasteiger charge is 2.52. The summed E-state index contributed by atoms with van der Waals surface area (Å²) in [7, 11) is 0. The third-order valence-corrected chi connectivity index (χ3v) is 12.6. The molecular formula is C36H66O9. The summed E-state index contributed by atoms with van der Waals surface area (Å²) in [5.74, 6) is 1.13. The van der Waals surface area contributed by atoms with Crippen molar-refractivity contribution in [2.75, 3.05) is 0 Å². The molecule has 0 aromatic rings. The van der Waals surface area contributed by atoms with Crippen molar-refractivity contribution in [3.05, 3.63) is 0 Å². The first-order chi connectivity index (χ1) is 21.3. The Hall–Kier alpha value is -0.360. The van der Waals surface area contributed by atoms with Gasteiger partial charge in [-0.25, -0.2) is 0 Å². The van der Waals surface area contributed by atoms with Crippen LogP contribution in [0.25, 0.3) is 0 Å². The van der Waals surface area contributed by atoms with Gasteiger partial charge in [0.15, 0.2) is 25.2 Å². The average Bonchev–Trinajstić information content (AvgIpc) is 3.03. The smallest absolute Gasteiger partial charge is 0.185 e. The molecule has 4 rings (SSSR count). The lowest BCUT2D eigenvalue weighted by Crippen LogP contribution is -2.61. The molecule has 4 aliphatic heterocycles. The van der Waals surface area contributed by atoms with E-state index >= 15 is 0 Å². The first kappa shape index (κ1) is 37.5. The molecule has 9 unspecified atom stereocenters. The van der Waals surface area contributed by atoms with Crippen molar-refractivity contribution in [1.82, 2.24) is 0 Å². The molecule has 0 amide bonds. The largest absolute Gasteiger partial charge is 0.388 e. The minimum atomic E-state index is -1.05. The molecule has 264 valence electrons. The third-order valence-electron chi connectivity index (χ3n) is 12.6. The minimum absolute atomic E-state index is 0.00518. The van der Waals surface area contributed by atoms with Gasteiger partial charge in [0, 0.05) is 0 Å². The third kappa shape index (κ3) is 7.62. The van der Waals surface area contributed by atoms with E-state index in [0.29, 0.717) is 0 Å². The molecule has 2 N–H and O–H groups in total. The highest BCUT2D eigenvalue weighted by molar-refractivity contribution is 4.93. The maximum atomic E-state index is 11.3. The molecule has 0 aromatic carbocycles. The van der Waals surface area contributed by atoms with Gasteiger partial charge in [0.05, 0.1) is 24.4 Å². The van der Waals surface area contributed by atoms with Crippen LogP contribution in [-0.4, -0.2) is 84.2 Å². The molecule has 9 nitrogen and oxygen atoms in total. The topological polar surface area (TPSA) is 105 Å². The fourth-order valence-electron chi connectivity index (χ4n) is 8.31. The van der Waals surface area contributed by atoms with Gasteiger partial charge in [-0.1, -0.05) is 83.1 Å². The second kappa shape index (κ2) is 15.9. The molecule has 4 aliphatic rings. The van der Waals surface area contributed by atoms with E-state index in [9.17, 15) is 10.2 Å². The van der Waals surface area contributed by atoms with Gasteiger partial charge in [0.1, 0.15) is 24.4 Å². The monoisotopic (exact) mass is 642 g/mol. The molecule has 4 heterocycles. The van der Waals surface area contributed by atoms with Crippen molar-refractivity contribution < 1.29 is 43.4 Å². The van der Waals surface area contributed by atoms with Gasteiger partial charge in [-0.15, -0.1) is 0 Å². The van der Waals surface area contributed by atoms with Gasteiger partial charge in [0.25, 0.3) is 0 Å². The lowest BCUT2D eigenvalue weighted by atomic mass is 9.80. The highest BCUT2D eigenvalue weighted by Crippen LogP contribution is 2.43. The predicted octanol–water partition coefficient (Wildman–Crippen LogP) is 6.12. The molecule has 4 fully saturated rings. The zero-order valence-electron chi connectivity index (χ0n) is 30.1. The van der Waals surface area contributed by atoms with E-state index in [1.54, 1.807) is 0 Å². The summed E-state index contributed by atoms with van der Waals surface area (Å²) in [5.41, 5.74) is 0. The molecule has 45 heavy (non-hydrogen) atoms. The van der Waals surface area contributed by atoms with Crippen LogP contribution in [0.1, 0.15) is 109 Å². The average molecular weight is 643 g/mol. The zero-order chi connectivity index (χ0) is 33.3. The lowest BCUT2D eigenvalue weighted by Gasteiger charge is -2.52. The van der Waals surface area contributed by atoms with Crippen molar-refractivity contribution >= 4 is 0 Å². The SMILES string of the molecule is CCC1OC(O)C(O[C@H]2OC(CC)[C@@H](C)[C@H](C)C2O[C@H]2OC(CC)[C@@H](C)[C@H](C)C2O[C@H]2OC(CC)[C@@H](C)[C@H](C)C2O)[C@@H](C)[C@@H]1C. The molecule has 0 bridgehead atoms. The summed E-state index contributed by atoms with van der Waals surface area (Å²) in [6.07, 6.45) is -2.18. The zero-order valence-corrected chi connectivity index (χ0v) is 30.1. The first-order valence-corrected chi connectivity index (χ1v) is 18.2. The summed E-state index contributed by atoms with van der Waals surface area (Å²) in [5, 5.41) is 22.3. The highest BCUT2D eigenvalue weighted by atomic mass is 16.8. The van der Waals surface area contributed by atoms with Gasteiger partial charge in [-0.2, -0.15) is 0 Å². The lowest BCUT2D eigenvalue weighted by molar-refractivity contribution is -0.386. The van der Waals surface area contributed by atoms with E-state index in [1.807, 2.05) is 0 Å². The van der Waals surface area contributed by atoms with Crippen molar-refractivity contribution in [3.8, 4) is 0 Å². The predicted molar refractivity (Wildman–Crippen MR) is 172 cm³/mol. The Bertz CT molecular complexity index is 904. The molecule has 0 saturated carbocycles. The Balaban J connectivity index is 1.61. The second-order valence-electron chi connectivity index (χ2n) is 15.0. The van der Waals surface area contributed by atoms with Crippen LogP contribution in [0, 0.1) is 47.3 Å². The van der Waals surface area contributed by atoms with E-state index < -0.39 is 49.6 Å². The Labute approximate surface area is 273 Å². The Morgan fingerprint density at radius 3 is 1.13 bits per heavy atom. The maximum Gasteiger partial charge on any atom is 0.185 e. The summed E-state index contributed by atoms with van der Waals surface area (Å²) < 4.78 is 46.1. The Morgan fingerprint density at radius 1 is 0.400 bits per heavy atom. The molecular weight excluding hydrogens is 576 g/mol. The number of hydrogen-bond donors (Lipinski definition) is 2. The van der Waals surface area contributed by atoms with Crippen molar-refractivity contribution in [3.63, 3.8) is 0 Å². The quantitative estimate of drug-likeness (QED) is 0.292. The van der Waals surface area contributed by atoms with Crippen LogP contribution in [-0.2, 0) is 33.2 Å². The number of ether oxygens (including phenoxy) is 7. The Morgan fingerprint density at radius 2 is 0.711 bits per heavy atom. The fraction of sp³-hybridized carbons (Fsp3) is 1.00. The van der Waals surface area contributed by atoms with Crippen LogP contribution in [0.5, 0.6) is 0 Å². The van der Waals surface area contributed by atoms with Crippen LogP contribution in [0.4, 0.5) is 0 Å². The molecule has 0 spiro atoms. The number of rotatable bonds is 10. The molecule has 0 aromatic heterocycles. The van der Waals surface area contributed by atoms with E-state index in [1.165, 1.54) is 0 Å². The minimum Gasteiger partial charge on any atom is -0.388 e. The number of aliphatic hydroxyl groups is 2. The summed E-state index contributed by atoms with van der Waals surface area (Å²) in [4.78, 5) is 0. The van der Waals surface area contributed by atoms with Crippen LogP contribution in [0.3, 0.4) is 0 Å². The molecule has 0 aliphatic carbocycles. The van der Waals surface area contributed by atoms with Crippen LogP contribution >= 0.6 is 0 Å². The molecule has 20 atom stereocenters. The van der Waals surface area contributed by atoms with E-state index in [0.717, 1.165) is 25.7 Å². The van der Waals surface area contributed by atoms with Crippen LogP contribution in [0.2, 0.25) is 0 Å². The van der Waals surface area contributed by atoms with Crippen LogP contribution in [0.15, 0.2) is 0 Å². The molecule has 9 heteroatoms. The summed E-state index contributed by atoms with van der Waals surface area (Å²) in [6.45, 7) is 25.7. The molecule has 4 saturated heterocycles. The van der Waals surface area contributed by atoms with Gasteiger partial charge >= 0.3 is 0 Å². The summed E-state index contributed by atoms with van der Waals surface area (Å²) >= 11 is 0. The number of hydrogen-bond acceptors (Lipinski definition) is 9. The van der Waals surface area contributed by atoms with Crippen LogP contribution < -0.4 is 0 Å². The van der Waals surface area contributed by atoms with Gasteiger partial charge in [0.2, 0.25) is 0 Å². The Kier molecular flexibility index (Phi) is 13.2. The standard InChI is InChI=1S/C36H66O9/c1-13-25-18(6)22(10)30(33(38)39-25)43-35-32(24(12)20(8)27(15-3)41-35)45-36-31(23(11)19(7)28(16-4)42-36)44-34-29(37)21(9)17(5)26(14-2)40-34/h17-38H,13-16H2,1-12H3/t17-,18-,19-,20-,21-,22-,23-,24-,25?,26?,27?,28?,29?,30?,31?,32?,33?,34+,35+,36+/m0/s1. The number of aliphatic hydroxyl groups excluding tert-OH is 2. The van der Waals surface area contributed by atoms with E-state index in [-0.39, 0.29) is 71.8 Å². The second-order valence-corrected chi connectivity index (χ2v) is 15.0. The molecule has 0 radical (unpaired) electrons. The maximum absolute atomic E-state index is 11.3. The van der Waals surface area contributed by atoms with Crippen molar-refractivity contribution in [2.45, 2.75) is 183 Å². The van der Waals surface area contributed by atoms with Gasteiger partial charge in [-0.3, -0.25) is 0 Å². The van der Waals surface area contributed by atoms with Gasteiger partial charge < -0.3 is 43.4 Å². The van der Waals surface area contributed by atoms with Crippen molar-refractivity contribution in [1.29, 1.82) is 0 Å². The first-order valence-electron chi connectivity index (χ1n) is 18.2. The van der Waals surface area contributed by atoms with E-state index in [2.05, 4.69) is 83.1 Å².